The molecule has 3 nitrogen and oxygen atoms in total. The molecule has 43 heavy (non-hydrogen) atoms. The molecular weight excluding hydrogens is 524 g/mol. The van der Waals surface area contributed by atoms with E-state index in [0.29, 0.717) is 17.4 Å². The highest BCUT2D eigenvalue weighted by Crippen LogP contribution is 2.47. The zero-order valence-electron chi connectivity index (χ0n) is 26.1. The minimum absolute atomic E-state index is 0.587. The molecule has 0 bridgehead atoms. The Morgan fingerprint density at radius 3 is 2.33 bits per heavy atom. The van der Waals surface area contributed by atoms with Crippen LogP contribution < -0.4 is 4.57 Å². The van der Waals surface area contributed by atoms with E-state index < -0.39 is 0 Å². The molecule has 2 saturated carbocycles. The third-order valence-corrected chi connectivity index (χ3v) is 10.5. The molecule has 218 valence electrons. The second kappa shape index (κ2) is 11.3. The van der Waals surface area contributed by atoms with Gasteiger partial charge in [-0.3, -0.25) is 0 Å². The second-order valence-electron chi connectivity index (χ2n) is 13.8. The predicted molar refractivity (Wildman–Crippen MR) is 176 cm³/mol. The summed E-state index contributed by atoms with van der Waals surface area (Å²) in [7, 11) is 2.11. The second-order valence-corrected chi connectivity index (χ2v) is 13.8. The molecule has 0 spiro atoms. The Morgan fingerprint density at radius 1 is 0.860 bits per heavy atom. The number of rotatable bonds is 5. The number of pyridine rings is 1. The van der Waals surface area contributed by atoms with Crippen LogP contribution in [-0.4, -0.2) is 0 Å². The highest BCUT2D eigenvalue weighted by molar-refractivity contribution is 6.14. The Labute approximate surface area is 256 Å². The summed E-state index contributed by atoms with van der Waals surface area (Å²) in [6, 6.07) is 24.5. The fourth-order valence-corrected chi connectivity index (χ4v) is 8.26. The van der Waals surface area contributed by atoms with Gasteiger partial charge in [-0.1, -0.05) is 75.9 Å². The molecule has 0 amide bonds. The standard InChI is InChI=1S/C40H43N2O/c1-25(2)21-27-19-20-42(4)36(22-27)37-26(3)9-17-34-35-18-16-33(24-41)38(40(35)43-39(34)37)30-13-10-29(11-14-30)32-15-12-28-7-5-6-8-31(28)23-32/h9-11,13-14,16-20,22,25,28,31-32H,5-8,12,15,21,23H2,1-4H3/q+1. The van der Waals surface area contributed by atoms with Crippen LogP contribution in [0.2, 0.25) is 0 Å². The van der Waals surface area contributed by atoms with Gasteiger partial charge in [0.2, 0.25) is 5.69 Å². The average molecular weight is 568 g/mol. The Hall–Kier alpha value is -3.90. The first-order valence-corrected chi connectivity index (χ1v) is 16.4. The molecular formula is C40H43N2O+. The van der Waals surface area contributed by atoms with Gasteiger partial charge in [-0.05, 0) is 90.7 Å². The lowest BCUT2D eigenvalue weighted by Gasteiger charge is -2.39. The van der Waals surface area contributed by atoms with E-state index >= 15 is 0 Å². The topological polar surface area (TPSA) is 40.8 Å². The molecule has 7 rings (SSSR count). The molecule has 3 aromatic carbocycles. The van der Waals surface area contributed by atoms with Crippen LogP contribution in [0, 0.1) is 36.0 Å². The van der Waals surface area contributed by atoms with Crippen molar-refractivity contribution in [1.82, 2.24) is 0 Å². The maximum atomic E-state index is 10.2. The van der Waals surface area contributed by atoms with E-state index in [-0.39, 0.29) is 0 Å². The highest BCUT2D eigenvalue weighted by Gasteiger charge is 2.33. The summed E-state index contributed by atoms with van der Waals surface area (Å²) in [6.07, 6.45) is 12.9. The van der Waals surface area contributed by atoms with Gasteiger partial charge in [-0.15, -0.1) is 0 Å². The number of furan rings is 1. The number of aryl methyl sites for hydroxylation is 2. The number of hydrogen-bond acceptors (Lipinski definition) is 2. The molecule has 2 aromatic heterocycles. The van der Waals surface area contributed by atoms with Crippen LogP contribution in [0.3, 0.4) is 0 Å². The van der Waals surface area contributed by atoms with E-state index in [1.807, 2.05) is 6.07 Å². The molecule has 0 N–H and O–H groups in total. The summed E-state index contributed by atoms with van der Waals surface area (Å²) in [6.45, 7) is 6.69. The van der Waals surface area contributed by atoms with Crippen molar-refractivity contribution in [2.75, 3.05) is 0 Å². The number of hydrogen-bond donors (Lipinski definition) is 0. The summed E-state index contributed by atoms with van der Waals surface area (Å²) >= 11 is 0. The van der Waals surface area contributed by atoms with Crippen LogP contribution in [0.15, 0.2) is 71.3 Å². The molecule has 0 aliphatic heterocycles. The third-order valence-electron chi connectivity index (χ3n) is 10.5. The summed E-state index contributed by atoms with van der Waals surface area (Å²) in [5.41, 5.74) is 10.6. The van der Waals surface area contributed by atoms with Gasteiger partial charge in [0.05, 0.1) is 17.2 Å². The normalized spacial score (nSPS) is 20.4. The third kappa shape index (κ3) is 5.06. The van der Waals surface area contributed by atoms with Crippen molar-refractivity contribution in [3.05, 3.63) is 89.1 Å². The zero-order chi connectivity index (χ0) is 29.7. The smallest absolute Gasteiger partial charge is 0.216 e. The number of nitriles is 1. The van der Waals surface area contributed by atoms with Crippen molar-refractivity contribution in [3.63, 3.8) is 0 Å². The van der Waals surface area contributed by atoms with E-state index in [4.69, 9.17) is 4.42 Å². The average Bonchev–Trinajstić information content (AvgIpc) is 3.40. The fourth-order valence-electron chi connectivity index (χ4n) is 8.26. The largest absolute Gasteiger partial charge is 0.454 e. The molecule has 2 aliphatic rings. The van der Waals surface area contributed by atoms with E-state index in [2.05, 4.69) is 99.2 Å². The highest BCUT2D eigenvalue weighted by atomic mass is 16.3. The minimum Gasteiger partial charge on any atom is -0.454 e. The van der Waals surface area contributed by atoms with Gasteiger partial charge < -0.3 is 4.42 Å². The Morgan fingerprint density at radius 2 is 1.58 bits per heavy atom. The van der Waals surface area contributed by atoms with Crippen LogP contribution in [0.5, 0.6) is 0 Å². The van der Waals surface area contributed by atoms with Gasteiger partial charge >= 0.3 is 0 Å². The molecule has 5 aromatic rings. The summed E-state index contributed by atoms with van der Waals surface area (Å²) < 4.78 is 9.06. The van der Waals surface area contributed by atoms with Crippen molar-refractivity contribution >= 4 is 21.9 Å². The number of aromatic nitrogens is 1. The van der Waals surface area contributed by atoms with Crippen LogP contribution >= 0.6 is 0 Å². The van der Waals surface area contributed by atoms with Crippen molar-refractivity contribution < 1.29 is 8.98 Å². The van der Waals surface area contributed by atoms with Gasteiger partial charge in [0.25, 0.3) is 0 Å². The van der Waals surface area contributed by atoms with Gasteiger partial charge in [0, 0.05) is 28.5 Å². The van der Waals surface area contributed by atoms with Gasteiger partial charge in [0.15, 0.2) is 6.20 Å². The van der Waals surface area contributed by atoms with Crippen LogP contribution in [-0.2, 0) is 13.5 Å². The van der Waals surface area contributed by atoms with Gasteiger partial charge in [0.1, 0.15) is 18.2 Å². The zero-order valence-corrected chi connectivity index (χ0v) is 26.1. The first-order valence-electron chi connectivity index (χ1n) is 16.4. The van der Waals surface area contributed by atoms with Crippen molar-refractivity contribution in [2.24, 2.45) is 24.8 Å². The summed E-state index contributed by atoms with van der Waals surface area (Å²) in [5, 5.41) is 12.4. The molecule has 0 saturated heterocycles. The number of benzene rings is 3. The van der Waals surface area contributed by atoms with E-state index in [9.17, 15) is 5.26 Å². The molecule has 2 aliphatic carbocycles. The predicted octanol–water partition coefficient (Wildman–Crippen LogP) is 10.2. The lowest BCUT2D eigenvalue weighted by atomic mass is 9.66. The van der Waals surface area contributed by atoms with Crippen LogP contribution in [0.25, 0.3) is 44.3 Å². The SMILES string of the molecule is Cc1ccc2c(oc3c(-c4ccc(C5CCC6CCCCC6C5)cc4)c(C#N)ccc32)c1-c1cc(CC(C)C)cc[n+]1C. The molecule has 2 heterocycles. The summed E-state index contributed by atoms with van der Waals surface area (Å²) in [5.74, 6) is 3.11. The van der Waals surface area contributed by atoms with E-state index in [1.165, 1.54) is 61.6 Å². The Balaban J connectivity index is 1.32. The first kappa shape index (κ1) is 27.9. The maximum Gasteiger partial charge on any atom is 0.216 e. The summed E-state index contributed by atoms with van der Waals surface area (Å²) in [4.78, 5) is 0. The number of nitrogens with zero attached hydrogens (tertiary/aromatic N) is 2. The Bertz CT molecular complexity index is 1850. The number of fused-ring (bicyclic) bond motifs is 4. The maximum absolute atomic E-state index is 10.2. The van der Waals surface area contributed by atoms with Gasteiger partial charge in [-0.25, -0.2) is 4.57 Å². The van der Waals surface area contributed by atoms with Crippen molar-refractivity contribution in [1.29, 1.82) is 5.26 Å². The Kier molecular flexibility index (Phi) is 7.34. The molecule has 0 radical (unpaired) electrons. The van der Waals surface area contributed by atoms with Crippen LogP contribution in [0.1, 0.15) is 87.0 Å². The minimum atomic E-state index is 0.587. The first-order chi connectivity index (χ1) is 20.9. The van der Waals surface area contributed by atoms with Crippen molar-refractivity contribution in [2.45, 2.75) is 78.1 Å². The molecule has 3 atom stereocenters. The lowest BCUT2D eigenvalue weighted by molar-refractivity contribution is -0.660. The van der Waals surface area contributed by atoms with E-state index in [1.54, 1.807) is 0 Å². The van der Waals surface area contributed by atoms with Crippen LogP contribution in [0.4, 0.5) is 0 Å². The van der Waals surface area contributed by atoms with Gasteiger partial charge in [-0.2, -0.15) is 5.26 Å². The molecule has 2 fully saturated rings. The fraction of sp³-hybridized carbons (Fsp3) is 0.400. The lowest BCUT2D eigenvalue weighted by Crippen LogP contribution is -2.31. The quantitative estimate of drug-likeness (QED) is 0.198. The molecule has 3 unspecified atom stereocenters. The van der Waals surface area contributed by atoms with E-state index in [0.717, 1.165) is 62.6 Å². The monoisotopic (exact) mass is 567 g/mol. The van der Waals surface area contributed by atoms with Crippen molar-refractivity contribution in [3.8, 4) is 28.5 Å². The molecule has 3 heteroatoms.